The van der Waals surface area contributed by atoms with Gasteiger partial charge in [-0.3, -0.25) is 4.79 Å². The number of halogens is 1. The van der Waals surface area contributed by atoms with Gasteiger partial charge in [-0.05, 0) is 42.0 Å². The summed E-state index contributed by atoms with van der Waals surface area (Å²) < 4.78 is 26.5. The molecule has 0 fully saturated rings. The van der Waals surface area contributed by atoms with Crippen LogP contribution in [0.5, 0.6) is 0 Å². The van der Waals surface area contributed by atoms with Gasteiger partial charge in [-0.25, -0.2) is 4.39 Å². The summed E-state index contributed by atoms with van der Waals surface area (Å²) in [6, 6.07) is 23.3. The van der Waals surface area contributed by atoms with Crippen LogP contribution < -0.4 is 5.32 Å². The third kappa shape index (κ3) is 3.88. The predicted octanol–water partition coefficient (Wildman–Crippen LogP) is 5.61. The number of nitrogens with zero attached hydrogens (tertiary/aromatic N) is 1. The third-order valence-electron chi connectivity index (χ3n) is 5.14. The van der Waals surface area contributed by atoms with Gasteiger partial charge in [0.05, 0.1) is 18.3 Å². The number of hydrogen-bond acceptors (Lipinski definition) is 3. The highest BCUT2D eigenvalue weighted by Crippen LogP contribution is 2.31. The van der Waals surface area contributed by atoms with E-state index in [4.69, 9.17) is 8.83 Å². The first-order chi connectivity index (χ1) is 15.2. The van der Waals surface area contributed by atoms with Crippen LogP contribution in [0.2, 0.25) is 0 Å². The summed E-state index contributed by atoms with van der Waals surface area (Å²) in [7, 11) is 0. The van der Waals surface area contributed by atoms with Crippen molar-refractivity contribution in [3.63, 3.8) is 0 Å². The highest BCUT2D eigenvalue weighted by Gasteiger charge is 2.20. The van der Waals surface area contributed by atoms with Gasteiger partial charge in [0.25, 0.3) is 5.91 Å². The molecular weight excluding hydrogens is 395 g/mol. The molecule has 3 heterocycles. The van der Waals surface area contributed by atoms with E-state index in [0.29, 0.717) is 35.9 Å². The largest absolute Gasteiger partial charge is 0.467 e. The van der Waals surface area contributed by atoms with Gasteiger partial charge in [0.2, 0.25) is 0 Å². The van der Waals surface area contributed by atoms with E-state index in [1.165, 1.54) is 12.1 Å². The van der Waals surface area contributed by atoms with Crippen LogP contribution in [0.3, 0.4) is 0 Å². The van der Waals surface area contributed by atoms with Crippen molar-refractivity contribution in [1.82, 2.24) is 9.88 Å². The molecule has 0 saturated heterocycles. The van der Waals surface area contributed by atoms with Crippen LogP contribution in [0, 0.1) is 5.82 Å². The van der Waals surface area contributed by atoms with Gasteiger partial charge >= 0.3 is 0 Å². The number of carbonyl (C=O) groups is 1. The molecule has 5 nitrogen and oxygen atoms in total. The van der Waals surface area contributed by atoms with Crippen molar-refractivity contribution in [2.24, 2.45) is 0 Å². The monoisotopic (exact) mass is 414 g/mol. The van der Waals surface area contributed by atoms with E-state index < -0.39 is 0 Å². The van der Waals surface area contributed by atoms with Gasteiger partial charge in [-0.15, -0.1) is 0 Å². The van der Waals surface area contributed by atoms with E-state index in [-0.39, 0.29) is 11.7 Å². The fraction of sp³-hybridized carbons (Fsp3) is 0.0800. The highest BCUT2D eigenvalue weighted by atomic mass is 19.1. The number of hydrogen-bond donors (Lipinski definition) is 1. The van der Waals surface area contributed by atoms with Crippen LogP contribution in [0.25, 0.3) is 22.4 Å². The Balaban J connectivity index is 1.52. The molecule has 0 bridgehead atoms. The Hall–Kier alpha value is -4.06. The van der Waals surface area contributed by atoms with Gasteiger partial charge in [-0.2, -0.15) is 0 Å². The Morgan fingerprint density at radius 3 is 2.52 bits per heavy atom. The van der Waals surface area contributed by atoms with Gasteiger partial charge in [0.15, 0.2) is 5.58 Å². The maximum absolute atomic E-state index is 13.3. The van der Waals surface area contributed by atoms with Crippen molar-refractivity contribution in [2.75, 3.05) is 0 Å². The number of nitrogens with one attached hydrogen (secondary N) is 1. The summed E-state index contributed by atoms with van der Waals surface area (Å²) in [5.74, 6) is 0.775. The van der Waals surface area contributed by atoms with E-state index in [1.54, 1.807) is 30.5 Å². The van der Waals surface area contributed by atoms with Crippen molar-refractivity contribution < 1.29 is 18.0 Å². The number of benzene rings is 2. The topological polar surface area (TPSA) is 60.3 Å². The molecule has 3 aromatic heterocycles. The number of carbonyl (C=O) groups excluding carboxylic acids is 1. The van der Waals surface area contributed by atoms with Crippen molar-refractivity contribution in [2.45, 2.75) is 13.1 Å². The predicted molar refractivity (Wildman–Crippen MR) is 115 cm³/mol. The van der Waals surface area contributed by atoms with Gasteiger partial charge in [0.1, 0.15) is 23.0 Å². The summed E-state index contributed by atoms with van der Waals surface area (Å²) in [6.45, 7) is 0.806. The van der Waals surface area contributed by atoms with Crippen LogP contribution in [0.4, 0.5) is 4.39 Å². The van der Waals surface area contributed by atoms with E-state index in [2.05, 4.69) is 5.32 Å². The lowest BCUT2D eigenvalue weighted by Gasteiger charge is -2.10. The zero-order valence-corrected chi connectivity index (χ0v) is 16.5. The van der Waals surface area contributed by atoms with Gasteiger partial charge in [-0.1, -0.05) is 30.3 Å². The quantitative estimate of drug-likeness (QED) is 0.393. The maximum atomic E-state index is 13.3. The van der Waals surface area contributed by atoms with Gasteiger partial charge in [0, 0.05) is 24.2 Å². The summed E-state index contributed by atoms with van der Waals surface area (Å²) in [5, 5.41) is 2.89. The molecule has 0 spiro atoms. The molecule has 6 heteroatoms. The Bertz CT molecular complexity index is 1320. The summed E-state index contributed by atoms with van der Waals surface area (Å²) in [6.07, 6.45) is 1.57. The molecule has 5 rings (SSSR count). The average Bonchev–Trinajstić information content (AvgIpc) is 3.51. The summed E-state index contributed by atoms with van der Waals surface area (Å²) >= 11 is 0. The minimum absolute atomic E-state index is 0.220. The third-order valence-corrected chi connectivity index (χ3v) is 5.14. The van der Waals surface area contributed by atoms with Crippen molar-refractivity contribution >= 4 is 17.0 Å². The van der Waals surface area contributed by atoms with Crippen LogP contribution in [-0.4, -0.2) is 10.5 Å². The molecule has 1 amide bonds. The Labute approximate surface area is 177 Å². The van der Waals surface area contributed by atoms with Crippen molar-refractivity contribution in [3.05, 3.63) is 108 Å². The molecule has 0 radical (unpaired) electrons. The molecule has 2 aromatic carbocycles. The molecule has 31 heavy (non-hydrogen) atoms. The Morgan fingerprint density at radius 1 is 0.968 bits per heavy atom. The minimum atomic E-state index is -0.302. The molecule has 0 aliphatic carbocycles. The van der Waals surface area contributed by atoms with Crippen LogP contribution >= 0.6 is 0 Å². The molecule has 0 saturated carbocycles. The van der Waals surface area contributed by atoms with E-state index in [9.17, 15) is 9.18 Å². The normalized spacial score (nSPS) is 11.1. The first-order valence-corrected chi connectivity index (χ1v) is 9.91. The molecular formula is C25H19FN2O3. The molecule has 0 unspecified atom stereocenters. The maximum Gasteiger partial charge on any atom is 0.268 e. The lowest BCUT2D eigenvalue weighted by atomic mass is 10.2. The van der Waals surface area contributed by atoms with E-state index in [0.717, 1.165) is 16.6 Å². The second-order valence-electron chi connectivity index (χ2n) is 7.23. The van der Waals surface area contributed by atoms with Crippen LogP contribution in [0.1, 0.15) is 21.8 Å². The molecule has 0 aliphatic heterocycles. The highest BCUT2D eigenvalue weighted by molar-refractivity contribution is 5.98. The van der Waals surface area contributed by atoms with Crippen molar-refractivity contribution in [1.29, 1.82) is 0 Å². The number of rotatable bonds is 6. The zero-order valence-electron chi connectivity index (χ0n) is 16.5. The number of aromatic nitrogens is 1. The van der Waals surface area contributed by atoms with E-state index in [1.807, 2.05) is 47.0 Å². The average molecular weight is 414 g/mol. The first-order valence-electron chi connectivity index (χ1n) is 9.91. The van der Waals surface area contributed by atoms with Crippen molar-refractivity contribution in [3.8, 4) is 11.3 Å². The minimum Gasteiger partial charge on any atom is -0.467 e. The fourth-order valence-corrected chi connectivity index (χ4v) is 3.59. The SMILES string of the molecule is O=C(NCc1ccco1)c1cc2oc(-c3ccc(F)cc3)cc2n1Cc1ccccc1. The number of fused-ring (bicyclic) bond motifs is 1. The Kier molecular flexibility index (Phi) is 4.88. The fourth-order valence-electron chi connectivity index (χ4n) is 3.59. The Morgan fingerprint density at radius 2 is 1.77 bits per heavy atom. The molecule has 0 atom stereocenters. The molecule has 5 aromatic rings. The van der Waals surface area contributed by atoms with Crippen LogP contribution in [0.15, 0.2) is 94.0 Å². The lowest BCUT2D eigenvalue weighted by molar-refractivity contribution is 0.0939. The second kappa shape index (κ2) is 7.99. The van der Waals surface area contributed by atoms with Crippen LogP contribution in [-0.2, 0) is 13.1 Å². The number of furan rings is 2. The standard InChI is InChI=1S/C25H19FN2O3/c26-19-10-8-18(9-11-19)23-13-21-24(31-23)14-22(25(29)27-15-20-7-4-12-30-20)28(21)16-17-5-2-1-3-6-17/h1-14H,15-16H2,(H,27,29). The van der Waals surface area contributed by atoms with E-state index >= 15 is 0 Å². The molecule has 1 N–H and O–H groups in total. The summed E-state index contributed by atoms with van der Waals surface area (Å²) in [5.41, 5.74) is 3.72. The smallest absolute Gasteiger partial charge is 0.268 e. The molecule has 0 aliphatic rings. The first kappa shape index (κ1) is 18.9. The molecule has 154 valence electrons. The lowest BCUT2D eigenvalue weighted by Crippen LogP contribution is -2.25. The van der Waals surface area contributed by atoms with Gasteiger partial charge < -0.3 is 18.7 Å². The number of amides is 1. The zero-order chi connectivity index (χ0) is 21.2. The second-order valence-corrected chi connectivity index (χ2v) is 7.23. The summed E-state index contributed by atoms with van der Waals surface area (Å²) in [4.78, 5) is 13.0.